The van der Waals surface area contributed by atoms with Crippen molar-refractivity contribution in [1.29, 1.82) is 0 Å². The third kappa shape index (κ3) is 4.00. The maximum Gasteiger partial charge on any atom is 0.256 e. The number of pyridine rings is 1. The van der Waals surface area contributed by atoms with E-state index in [1.807, 2.05) is 50.2 Å². The number of carbonyl (C=O) groups is 1. The van der Waals surface area contributed by atoms with E-state index in [9.17, 15) is 4.79 Å². The zero-order valence-corrected chi connectivity index (χ0v) is 17.7. The fourth-order valence-corrected chi connectivity index (χ4v) is 3.64. The van der Waals surface area contributed by atoms with Gasteiger partial charge in [0.1, 0.15) is 5.75 Å². The second kappa shape index (κ2) is 8.17. The van der Waals surface area contributed by atoms with Gasteiger partial charge in [-0.05, 0) is 80.1 Å². The molecule has 1 amide bonds. The zero-order valence-electron chi connectivity index (χ0n) is 17.0. The number of carbonyl (C=O) groups excluding carboxylic acids is 1. The molecule has 4 aromatic rings. The summed E-state index contributed by atoms with van der Waals surface area (Å²) in [5.74, 6) is 0.580. The maximum atomic E-state index is 13.2. The minimum Gasteiger partial charge on any atom is -0.497 e. The van der Waals surface area contributed by atoms with Gasteiger partial charge >= 0.3 is 0 Å². The van der Waals surface area contributed by atoms with Crippen molar-refractivity contribution in [2.45, 2.75) is 13.8 Å². The van der Waals surface area contributed by atoms with Crippen molar-refractivity contribution >= 4 is 34.1 Å². The number of hydrogen-bond acceptors (Lipinski definition) is 3. The first-order valence-electron chi connectivity index (χ1n) is 9.58. The van der Waals surface area contributed by atoms with Crippen molar-refractivity contribution in [3.63, 3.8) is 0 Å². The summed E-state index contributed by atoms with van der Waals surface area (Å²) in [5, 5.41) is 4.42. The lowest BCUT2D eigenvalue weighted by molar-refractivity contribution is 0.102. The Hall–Kier alpha value is -3.37. The summed E-state index contributed by atoms with van der Waals surface area (Å²) in [6.45, 7) is 4.03. The minimum absolute atomic E-state index is 0.190. The molecule has 0 aliphatic heterocycles. The number of methoxy groups -OCH3 is 1. The minimum atomic E-state index is -0.190. The van der Waals surface area contributed by atoms with Crippen LogP contribution in [0.3, 0.4) is 0 Å². The van der Waals surface area contributed by atoms with E-state index < -0.39 is 0 Å². The normalized spacial score (nSPS) is 10.8. The summed E-state index contributed by atoms with van der Waals surface area (Å²) >= 11 is 5.96. The molecule has 1 heterocycles. The lowest BCUT2D eigenvalue weighted by Gasteiger charge is -2.13. The molecule has 0 radical (unpaired) electrons. The van der Waals surface area contributed by atoms with Gasteiger partial charge < -0.3 is 10.1 Å². The van der Waals surface area contributed by atoms with Gasteiger partial charge in [0.05, 0.1) is 23.9 Å². The van der Waals surface area contributed by atoms with E-state index in [1.54, 1.807) is 31.4 Å². The number of fused-ring (bicyclic) bond motifs is 1. The second-order valence-electron chi connectivity index (χ2n) is 7.22. The van der Waals surface area contributed by atoms with E-state index in [4.69, 9.17) is 21.3 Å². The van der Waals surface area contributed by atoms with Crippen LogP contribution in [0.4, 0.5) is 5.69 Å². The summed E-state index contributed by atoms with van der Waals surface area (Å²) in [4.78, 5) is 18.1. The molecular weight excluding hydrogens is 396 g/mol. The van der Waals surface area contributed by atoms with E-state index in [1.165, 1.54) is 0 Å². The van der Waals surface area contributed by atoms with Crippen LogP contribution in [-0.4, -0.2) is 18.0 Å². The van der Waals surface area contributed by atoms with Crippen LogP contribution in [-0.2, 0) is 0 Å². The van der Waals surface area contributed by atoms with Crippen LogP contribution in [0.15, 0.2) is 66.7 Å². The Kier molecular flexibility index (Phi) is 5.42. The molecule has 0 saturated carbocycles. The van der Waals surface area contributed by atoms with E-state index in [0.29, 0.717) is 16.3 Å². The fourth-order valence-electron chi connectivity index (χ4n) is 3.51. The van der Waals surface area contributed by atoms with Crippen molar-refractivity contribution in [2.24, 2.45) is 0 Å². The Morgan fingerprint density at radius 2 is 1.67 bits per heavy atom. The standard InChI is InChI=1S/C25H21ClN2O2/c1-15-12-16(2)24-21(13-15)22(25(29)27-19-8-6-18(26)7-9-19)14-23(28-24)17-4-10-20(30-3)11-5-17/h4-14H,1-3H3,(H,27,29). The summed E-state index contributed by atoms with van der Waals surface area (Å²) in [6, 6.07) is 20.6. The highest BCUT2D eigenvalue weighted by Crippen LogP contribution is 2.29. The van der Waals surface area contributed by atoms with Crippen LogP contribution in [0.5, 0.6) is 5.75 Å². The predicted molar refractivity (Wildman–Crippen MR) is 123 cm³/mol. The predicted octanol–water partition coefficient (Wildman–Crippen LogP) is 6.43. The van der Waals surface area contributed by atoms with Crippen LogP contribution in [0, 0.1) is 13.8 Å². The Morgan fingerprint density at radius 1 is 0.967 bits per heavy atom. The first kappa shape index (κ1) is 19.9. The SMILES string of the molecule is COc1ccc(-c2cc(C(=O)Nc3ccc(Cl)cc3)c3cc(C)cc(C)c3n2)cc1. The van der Waals surface area contributed by atoms with Crippen LogP contribution in [0.1, 0.15) is 21.5 Å². The molecule has 4 nitrogen and oxygen atoms in total. The molecule has 0 saturated heterocycles. The number of anilines is 1. The highest BCUT2D eigenvalue weighted by Gasteiger charge is 2.16. The Morgan fingerprint density at radius 3 is 2.33 bits per heavy atom. The largest absolute Gasteiger partial charge is 0.497 e. The van der Waals surface area contributed by atoms with E-state index in [-0.39, 0.29) is 5.91 Å². The molecule has 0 bridgehead atoms. The van der Waals surface area contributed by atoms with Crippen LogP contribution in [0.2, 0.25) is 5.02 Å². The molecule has 150 valence electrons. The van der Waals surface area contributed by atoms with Gasteiger partial charge in [-0.2, -0.15) is 0 Å². The number of aromatic nitrogens is 1. The highest BCUT2D eigenvalue weighted by molar-refractivity contribution is 6.30. The summed E-state index contributed by atoms with van der Waals surface area (Å²) in [5.41, 5.74) is 5.84. The molecule has 30 heavy (non-hydrogen) atoms. The van der Waals surface area contributed by atoms with Crippen LogP contribution < -0.4 is 10.1 Å². The molecule has 0 aliphatic rings. The van der Waals surface area contributed by atoms with Gasteiger partial charge in [0.2, 0.25) is 0 Å². The van der Waals surface area contributed by atoms with Gasteiger partial charge in [0, 0.05) is 21.7 Å². The zero-order chi connectivity index (χ0) is 21.3. The second-order valence-corrected chi connectivity index (χ2v) is 7.66. The maximum absolute atomic E-state index is 13.2. The van der Waals surface area contributed by atoms with Gasteiger partial charge in [0.15, 0.2) is 0 Å². The number of rotatable bonds is 4. The molecule has 4 rings (SSSR count). The average Bonchev–Trinajstić information content (AvgIpc) is 2.75. The number of ether oxygens (including phenoxy) is 1. The molecule has 3 aromatic carbocycles. The number of hydrogen-bond donors (Lipinski definition) is 1. The van der Waals surface area contributed by atoms with Gasteiger partial charge in [0.25, 0.3) is 5.91 Å². The van der Waals surface area contributed by atoms with Gasteiger partial charge in [-0.25, -0.2) is 4.98 Å². The van der Waals surface area contributed by atoms with Crippen molar-refractivity contribution < 1.29 is 9.53 Å². The van der Waals surface area contributed by atoms with Gasteiger partial charge in [-0.3, -0.25) is 4.79 Å². The Balaban J connectivity index is 1.85. The van der Waals surface area contributed by atoms with Gasteiger partial charge in [-0.15, -0.1) is 0 Å². The number of amides is 1. The number of aryl methyl sites for hydroxylation is 2. The van der Waals surface area contributed by atoms with Crippen molar-refractivity contribution in [3.8, 4) is 17.0 Å². The van der Waals surface area contributed by atoms with Crippen LogP contribution >= 0.6 is 11.6 Å². The van der Waals surface area contributed by atoms with Crippen molar-refractivity contribution in [2.75, 3.05) is 12.4 Å². The van der Waals surface area contributed by atoms with Crippen molar-refractivity contribution in [3.05, 3.63) is 88.4 Å². The monoisotopic (exact) mass is 416 g/mol. The van der Waals surface area contributed by atoms with E-state index in [0.717, 1.165) is 39.0 Å². The third-order valence-electron chi connectivity index (χ3n) is 4.98. The molecule has 0 atom stereocenters. The Labute approximate surface area is 180 Å². The lowest BCUT2D eigenvalue weighted by Crippen LogP contribution is -2.13. The molecule has 0 fully saturated rings. The molecule has 0 spiro atoms. The molecular formula is C25H21ClN2O2. The summed E-state index contributed by atoms with van der Waals surface area (Å²) < 4.78 is 5.25. The topological polar surface area (TPSA) is 51.2 Å². The number of benzene rings is 3. The quantitative estimate of drug-likeness (QED) is 0.417. The highest BCUT2D eigenvalue weighted by atomic mass is 35.5. The van der Waals surface area contributed by atoms with Crippen molar-refractivity contribution in [1.82, 2.24) is 4.98 Å². The van der Waals surface area contributed by atoms with E-state index >= 15 is 0 Å². The average molecular weight is 417 g/mol. The van der Waals surface area contributed by atoms with Gasteiger partial charge in [-0.1, -0.05) is 23.2 Å². The summed E-state index contributed by atoms with van der Waals surface area (Å²) in [7, 11) is 1.63. The fraction of sp³-hybridized carbons (Fsp3) is 0.120. The first-order valence-corrected chi connectivity index (χ1v) is 9.96. The lowest BCUT2D eigenvalue weighted by atomic mass is 9.99. The smallest absolute Gasteiger partial charge is 0.256 e. The Bertz CT molecular complexity index is 1230. The first-order chi connectivity index (χ1) is 14.4. The molecule has 0 aliphatic carbocycles. The molecule has 5 heteroatoms. The van der Waals surface area contributed by atoms with E-state index in [2.05, 4.69) is 11.4 Å². The number of nitrogens with zero attached hydrogens (tertiary/aromatic N) is 1. The molecule has 0 unspecified atom stereocenters. The molecule has 1 aromatic heterocycles. The van der Waals surface area contributed by atoms with Crippen LogP contribution in [0.25, 0.3) is 22.2 Å². The number of nitrogens with one attached hydrogen (secondary N) is 1. The summed E-state index contributed by atoms with van der Waals surface area (Å²) in [6.07, 6.45) is 0. The number of halogens is 1. The third-order valence-corrected chi connectivity index (χ3v) is 5.23. The molecule has 1 N–H and O–H groups in total.